The van der Waals surface area contributed by atoms with Gasteiger partial charge in [-0.15, -0.1) is 0 Å². The van der Waals surface area contributed by atoms with Crippen molar-refractivity contribution >= 4 is 12.0 Å². The van der Waals surface area contributed by atoms with E-state index in [9.17, 15) is 9.59 Å². The maximum Gasteiger partial charge on any atom is 0.315 e. The molecule has 2 atom stereocenters. The Morgan fingerprint density at radius 2 is 1.87 bits per heavy atom. The predicted octanol–water partition coefficient (Wildman–Crippen LogP) is 1.78. The van der Waals surface area contributed by atoms with Crippen LogP contribution in [0.5, 0.6) is 0 Å². The van der Waals surface area contributed by atoms with Crippen molar-refractivity contribution in [2.24, 2.45) is 5.92 Å². The Labute approximate surface area is 136 Å². The number of carboxylic acid groups (broad SMARTS) is 1. The van der Waals surface area contributed by atoms with Crippen LogP contribution in [0.3, 0.4) is 0 Å². The fraction of sp³-hybridized carbons (Fsp3) is 0.529. The summed E-state index contributed by atoms with van der Waals surface area (Å²) >= 11 is 0. The maximum atomic E-state index is 12.0. The van der Waals surface area contributed by atoms with Gasteiger partial charge in [0.05, 0.1) is 0 Å². The molecule has 0 aliphatic rings. The summed E-state index contributed by atoms with van der Waals surface area (Å²) in [6.07, 6.45) is 1.61. The molecule has 0 spiro atoms. The number of hydrogen-bond acceptors (Lipinski definition) is 3. The first kappa shape index (κ1) is 19.0. The van der Waals surface area contributed by atoms with Crippen molar-refractivity contribution < 1.29 is 19.8 Å². The molecule has 0 bridgehead atoms. The molecule has 1 aromatic rings. The number of hydrogen-bond donors (Lipinski definition) is 4. The van der Waals surface area contributed by atoms with Crippen LogP contribution >= 0.6 is 0 Å². The first-order valence-electron chi connectivity index (χ1n) is 7.92. The Balaban J connectivity index is 2.50. The predicted molar refractivity (Wildman–Crippen MR) is 88.2 cm³/mol. The third-order valence-corrected chi connectivity index (χ3v) is 3.60. The van der Waals surface area contributed by atoms with Crippen LogP contribution in [0.2, 0.25) is 0 Å². The standard InChI is InChI=1S/C17H26N2O4/c1-13(9-10-20)12-18-17(23)19-15(7-8-16(21)22)11-14-5-3-2-4-6-14/h2-6,13,15,20H,7-12H2,1H3,(H,21,22)(H2,18,19,23). The molecule has 1 rings (SSSR count). The highest BCUT2D eigenvalue weighted by molar-refractivity contribution is 5.74. The molecule has 0 fully saturated rings. The van der Waals surface area contributed by atoms with Crippen molar-refractivity contribution in [3.63, 3.8) is 0 Å². The summed E-state index contributed by atoms with van der Waals surface area (Å²) in [5, 5.41) is 23.3. The van der Waals surface area contributed by atoms with Crippen molar-refractivity contribution in [3.05, 3.63) is 35.9 Å². The Morgan fingerprint density at radius 1 is 1.17 bits per heavy atom. The summed E-state index contributed by atoms with van der Waals surface area (Å²) in [7, 11) is 0. The lowest BCUT2D eigenvalue weighted by molar-refractivity contribution is -0.137. The molecule has 128 valence electrons. The van der Waals surface area contributed by atoms with E-state index in [1.165, 1.54) is 0 Å². The molecule has 0 radical (unpaired) electrons. The zero-order chi connectivity index (χ0) is 17.1. The molecule has 0 aliphatic heterocycles. The number of rotatable bonds is 10. The van der Waals surface area contributed by atoms with Gasteiger partial charge in [-0.2, -0.15) is 0 Å². The van der Waals surface area contributed by atoms with E-state index in [0.717, 1.165) is 5.56 Å². The number of aliphatic hydroxyl groups is 1. The van der Waals surface area contributed by atoms with Crippen LogP contribution in [0, 0.1) is 5.92 Å². The number of carbonyl (C=O) groups excluding carboxylic acids is 1. The largest absolute Gasteiger partial charge is 0.481 e. The summed E-state index contributed by atoms with van der Waals surface area (Å²) in [5.41, 5.74) is 1.05. The van der Waals surface area contributed by atoms with Crippen LogP contribution in [0.1, 0.15) is 31.7 Å². The molecule has 0 aliphatic carbocycles. The van der Waals surface area contributed by atoms with E-state index < -0.39 is 5.97 Å². The van der Waals surface area contributed by atoms with Gasteiger partial charge in [0.1, 0.15) is 0 Å². The van der Waals surface area contributed by atoms with Gasteiger partial charge in [0, 0.05) is 25.6 Å². The average molecular weight is 322 g/mol. The highest BCUT2D eigenvalue weighted by Crippen LogP contribution is 2.08. The van der Waals surface area contributed by atoms with Crippen LogP contribution in [0.15, 0.2) is 30.3 Å². The zero-order valence-electron chi connectivity index (χ0n) is 13.5. The third kappa shape index (κ3) is 8.83. The molecule has 0 saturated carbocycles. The zero-order valence-corrected chi connectivity index (χ0v) is 13.5. The lowest BCUT2D eigenvalue weighted by Crippen LogP contribution is -2.44. The average Bonchev–Trinajstić information content (AvgIpc) is 2.52. The van der Waals surface area contributed by atoms with E-state index in [1.54, 1.807) is 0 Å². The second-order valence-corrected chi connectivity index (χ2v) is 5.79. The van der Waals surface area contributed by atoms with Gasteiger partial charge in [0.15, 0.2) is 0 Å². The molecule has 23 heavy (non-hydrogen) atoms. The minimum Gasteiger partial charge on any atom is -0.481 e. The Kier molecular flexibility index (Phi) is 8.75. The first-order valence-corrected chi connectivity index (χ1v) is 7.92. The van der Waals surface area contributed by atoms with Gasteiger partial charge < -0.3 is 20.8 Å². The van der Waals surface area contributed by atoms with Crippen LogP contribution in [-0.2, 0) is 11.2 Å². The molecular formula is C17H26N2O4. The van der Waals surface area contributed by atoms with Gasteiger partial charge >= 0.3 is 12.0 Å². The van der Waals surface area contributed by atoms with Crippen molar-refractivity contribution in [1.29, 1.82) is 0 Å². The van der Waals surface area contributed by atoms with Gasteiger partial charge in [-0.3, -0.25) is 4.79 Å². The SMILES string of the molecule is CC(CCO)CNC(=O)NC(CCC(=O)O)Cc1ccccc1. The molecule has 4 N–H and O–H groups in total. The fourth-order valence-electron chi connectivity index (χ4n) is 2.25. The molecule has 0 aromatic heterocycles. The number of nitrogens with one attached hydrogen (secondary N) is 2. The third-order valence-electron chi connectivity index (χ3n) is 3.60. The number of benzene rings is 1. The van der Waals surface area contributed by atoms with Crippen molar-refractivity contribution in [1.82, 2.24) is 10.6 Å². The minimum absolute atomic E-state index is 0.0126. The quantitative estimate of drug-likeness (QED) is 0.528. The molecule has 2 amide bonds. The van der Waals surface area contributed by atoms with E-state index in [0.29, 0.717) is 25.8 Å². The van der Waals surface area contributed by atoms with Crippen LogP contribution < -0.4 is 10.6 Å². The minimum atomic E-state index is -0.873. The van der Waals surface area contributed by atoms with Gasteiger partial charge in [-0.1, -0.05) is 37.3 Å². The normalized spacial score (nSPS) is 13.1. The Hall–Kier alpha value is -2.08. The number of carbonyl (C=O) groups is 2. The maximum absolute atomic E-state index is 12.0. The van der Waals surface area contributed by atoms with Crippen LogP contribution in [-0.4, -0.2) is 41.4 Å². The summed E-state index contributed by atoms with van der Waals surface area (Å²) in [4.78, 5) is 22.7. The topological polar surface area (TPSA) is 98.7 Å². The smallest absolute Gasteiger partial charge is 0.315 e. The van der Waals surface area contributed by atoms with Gasteiger partial charge in [-0.25, -0.2) is 4.79 Å². The summed E-state index contributed by atoms with van der Waals surface area (Å²) in [6.45, 7) is 2.52. The van der Waals surface area contributed by atoms with Crippen molar-refractivity contribution in [2.45, 2.75) is 38.6 Å². The number of carboxylic acids is 1. The fourth-order valence-corrected chi connectivity index (χ4v) is 2.25. The van der Waals surface area contributed by atoms with Gasteiger partial charge in [0.25, 0.3) is 0 Å². The summed E-state index contributed by atoms with van der Waals surface area (Å²) < 4.78 is 0. The number of amides is 2. The summed E-state index contributed by atoms with van der Waals surface area (Å²) in [5.74, 6) is -0.681. The second kappa shape index (κ2) is 10.6. The second-order valence-electron chi connectivity index (χ2n) is 5.79. The molecule has 0 heterocycles. The van der Waals surface area contributed by atoms with E-state index in [2.05, 4.69) is 10.6 Å². The van der Waals surface area contributed by atoms with E-state index in [1.807, 2.05) is 37.3 Å². The van der Waals surface area contributed by atoms with E-state index in [4.69, 9.17) is 10.2 Å². The number of aliphatic hydroxyl groups excluding tert-OH is 1. The van der Waals surface area contributed by atoms with Crippen molar-refractivity contribution in [3.8, 4) is 0 Å². The lowest BCUT2D eigenvalue weighted by atomic mass is 10.0. The number of aliphatic carboxylic acids is 1. The van der Waals surface area contributed by atoms with Crippen molar-refractivity contribution in [2.75, 3.05) is 13.2 Å². The van der Waals surface area contributed by atoms with Crippen LogP contribution in [0.4, 0.5) is 4.79 Å². The lowest BCUT2D eigenvalue weighted by Gasteiger charge is -2.19. The Bertz CT molecular complexity index is 479. The van der Waals surface area contributed by atoms with Crippen LogP contribution in [0.25, 0.3) is 0 Å². The molecule has 1 aromatic carbocycles. The van der Waals surface area contributed by atoms with E-state index in [-0.39, 0.29) is 31.0 Å². The first-order chi connectivity index (χ1) is 11.0. The summed E-state index contributed by atoms with van der Waals surface area (Å²) in [6, 6.07) is 9.12. The highest BCUT2D eigenvalue weighted by Gasteiger charge is 2.15. The Morgan fingerprint density at radius 3 is 2.48 bits per heavy atom. The number of urea groups is 1. The van der Waals surface area contributed by atoms with Gasteiger partial charge in [0.2, 0.25) is 0 Å². The molecule has 6 heteroatoms. The van der Waals surface area contributed by atoms with E-state index >= 15 is 0 Å². The highest BCUT2D eigenvalue weighted by atomic mass is 16.4. The molecule has 0 saturated heterocycles. The van der Waals surface area contributed by atoms with Gasteiger partial charge in [-0.05, 0) is 30.7 Å². The molecule has 2 unspecified atom stereocenters. The molecular weight excluding hydrogens is 296 g/mol. The molecule has 6 nitrogen and oxygen atoms in total. The monoisotopic (exact) mass is 322 g/mol.